The van der Waals surface area contributed by atoms with Gasteiger partial charge in [0.1, 0.15) is 0 Å². The largest absolute Gasteiger partial charge is 0.353 e. The van der Waals surface area contributed by atoms with E-state index >= 15 is 0 Å². The SMILES string of the molecule is CC(C)(C)CN1CCNC(=O)C1CC(=O)NC1CCCCCCC1. The summed E-state index contributed by atoms with van der Waals surface area (Å²) in [5, 5.41) is 6.11. The molecule has 24 heavy (non-hydrogen) atoms. The van der Waals surface area contributed by atoms with Crippen molar-refractivity contribution in [1.29, 1.82) is 0 Å². The molecule has 2 rings (SSSR count). The molecule has 0 spiro atoms. The molecule has 1 atom stereocenters. The van der Waals surface area contributed by atoms with Crippen molar-refractivity contribution in [2.45, 2.75) is 84.2 Å². The van der Waals surface area contributed by atoms with Gasteiger partial charge in [-0.1, -0.05) is 52.9 Å². The van der Waals surface area contributed by atoms with E-state index in [1.165, 1.54) is 32.1 Å². The number of piperazine rings is 1. The quantitative estimate of drug-likeness (QED) is 0.828. The van der Waals surface area contributed by atoms with Crippen molar-refractivity contribution in [1.82, 2.24) is 15.5 Å². The number of carbonyl (C=O) groups excluding carboxylic acids is 2. The first-order chi connectivity index (χ1) is 11.3. The summed E-state index contributed by atoms with van der Waals surface area (Å²) in [6, 6.07) is -0.0351. The first-order valence-corrected chi connectivity index (χ1v) is 9.66. The number of nitrogens with zero attached hydrogens (tertiary/aromatic N) is 1. The van der Waals surface area contributed by atoms with Crippen LogP contribution in [0.1, 0.15) is 72.1 Å². The summed E-state index contributed by atoms with van der Waals surface area (Å²) in [5.74, 6) is 0.0276. The average molecular weight is 338 g/mol. The van der Waals surface area contributed by atoms with Gasteiger partial charge in [-0.05, 0) is 18.3 Å². The lowest BCUT2D eigenvalue weighted by Crippen LogP contribution is -2.58. The minimum atomic E-state index is -0.327. The highest BCUT2D eigenvalue weighted by Gasteiger charge is 2.33. The van der Waals surface area contributed by atoms with E-state index in [1.54, 1.807) is 0 Å². The minimum Gasteiger partial charge on any atom is -0.353 e. The van der Waals surface area contributed by atoms with Crippen molar-refractivity contribution in [2.24, 2.45) is 5.41 Å². The number of hydrogen-bond donors (Lipinski definition) is 2. The van der Waals surface area contributed by atoms with Crippen LogP contribution in [-0.4, -0.2) is 48.4 Å². The monoisotopic (exact) mass is 337 g/mol. The van der Waals surface area contributed by atoms with Gasteiger partial charge in [0.05, 0.1) is 12.5 Å². The van der Waals surface area contributed by atoms with Crippen molar-refractivity contribution < 1.29 is 9.59 Å². The highest BCUT2D eigenvalue weighted by Crippen LogP contribution is 2.20. The predicted octanol–water partition coefficient (Wildman–Crippen LogP) is 2.45. The summed E-state index contributed by atoms with van der Waals surface area (Å²) in [6.45, 7) is 8.85. The number of amides is 2. The lowest BCUT2D eigenvalue weighted by Gasteiger charge is -2.38. The van der Waals surface area contributed by atoms with E-state index in [4.69, 9.17) is 0 Å². The van der Waals surface area contributed by atoms with E-state index < -0.39 is 0 Å². The van der Waals surface area contributed by atoms with Gasteiger partial charge in [-0.3, -0.25) is 14.5 Å². The van der Waals surface area contributed by atoms with Crippen LogP contribution in [0.15, 0.2) is 0 Å². The highest BCUT2D eigenvalue weighted by molar-refractivity contribution is 5.88. The Balaban J connectivity index is 1.89. The Labute approximate surface area is 146 Å². The number of nitrogens with one attached hydrogen (secondary N) is 2. The zero-order chi connectivity index (χ0) is 17.6. The molecule has 5 heteroatoms. The summed E-state index contributed by atoms with van der Waals surface area (Å²) >= 11 is 0. The zero-order valence-electron chi connectivity index (χ0n) is 15.7. The van der Waals surface area contributed by atoms with Crippen LogP contribution in [0.4, 0.5) is 0 Å². The fraction of sp³-hybridized carbons (Fsp3) is 0.895. The maximum Gasteiger partial charge on any atom is 0.237 e. The van der Waals surface area contributed by atoms with Crippen LogP contribution >= 0.6 is 0 Å². The number of carbonyl (C=O) groups is 2. The first kappa shape index (κ1) is 19.2. The van der Waals surface area contributed by atoms with Gasteiger partial charge in [0.25, 0.3) is 0 Å². The Morgan fingerprint density at radius 1 is 1.17 bits per heavy atom. The fourth-order valence-corrected chi connectivity index (χ4v) is 3.85. The molecule has 0 radical (unpaired) electrons. The van der Waals surface area contributed by atoms with Crippen LogP contribution in [0.2, 0.25) is 0 Å². The molecule has 1 unspecified atom stereocenters. The van der Waals surface area contributed by atoms with Gasteiger partial charge in [-0.15, -0.1) is 0 Å². The standard InChI is InChI=1S/C19H35N3O2/c1-19(2,3)14-22-12-11-20-18(24)16(22)13-17(23)21-15-9-7-5-4-6-8-10-15/h15-16H,4-14H2,1-3H3,(H,20,24)(H,21,23). The molecule has 2 aliphatic rings. The third-order valence-electron chi connectivity index (χ3n) is 4.97. The molecule has 1 heterocycles. The molecule has 5 nitrogen and oxygen atoms in total. The van der Waals surface area contributed by atoms with Gasteiger partial charge in [-0.2, -0.15) is 0 Å². The van der Waals surface area contributed by atoms with E-state index in [0.717, 1.165) is 25.9 Å². The Morgan fingerprint density at radius 3 is 2.42 bits per heavy atom. The van der Waals surface area contributed by atoms with Crippen molar-refractivity contribution in [3.05, 3.63) is 0 Å². The van der Waals surface area contributed by atoms with E-state index in [9.17, 15) is 9.59 Å². The van der Waals surface area contributed by atoms with Gasteiger partial charge in [0.15, 0.2) is 0 Å². The molecular formula is C19H35N3O2. The molecule has 0 aromatic heterocycles. The normalized spacial score (nSPS) is 24.8. The summed E-state index contributed by atoms with van der Waals surface area (Å²) in [5.41, 5.74) is 0.117. The molecule has 0 aromatic carbocycles. The van der Waals surface area contributed by atoms with Crippen molar-refractivity contribution in [3.8, 4) is 0 Å². The van der Waals surface area contributed by atoms with E-state index in [1.807, 2.05) is 0 Å². The molecular weight excluding hydrogens is 302 g/mol. The average Bonchev–Trinajstić information content (AvgIpc) is 2.44. The lowest BCUT2D eigenvalue weighted by atomic mass is 9.93. The highest BCUT2D eigenvalue weighted by atomic mass is 16.2. The molecule has 1 saturated heterocycles. The van der Waals surface area contributed by atoms with E-state index in [-0.39, 0.29) is 29.7 Å². The second-order valence-corrected chi connectivity index (χ2v) is 8.65. The van der Waals surface area contributed by atoms with Gasteiger partial charge >= 0.3 is 0 Å². The topological polar surface area (TPSA) is 61.4 Å². The molecule has 2 amide bonds. The van der Waals surface area contributed by atoms with Crippen LogP contribution in [0.5, 0.6) is 0 Å². The Hall–Kier alpha value is -1.10. The predicted molar refractivity (Wildman–Crippen MR) is 96.7 cm³/mol. The summed E-state index contributed by atoms with van der Waals surface area (Å²) in [4.78, 5) is 27.0. The van der Waals surface area contributed by atoms with Crippen molar-refractivity contribution >= 4 is 11.8 Å². The fourth-order valence-electron chi connectivity index (χ4n) is 3.85. The second kappa shape index (κ2) is 8.84. The Morgan fingerprint density at radius 2 is 1.79 bits per heavy atom. The first-order valence-electron chi connectivity index (χ1n) is 9.66. The van der Waals surface area contributed by atoms with Crippen molar-refractivity contribution in [3.63, 3.8) is 0 Å². The molecule has 1 aliphatic carbocycles. The molecule has 138 valence electrons. The number of rotatable bonds is 4. The van der Waals surface area contributed by atoms with Crippen LogP contribution in [0, 0.1) is 5.41 Å². The van der Waals surface area contributed by atoms with Gasteiger partial charge < -0.3 is 10.6 Å². The van der Waals surface area contributed by atoms with Crippen LogP contribution in [0.3, 0.4) is 0 Å². The van der Waals surface area contributed by atoms with Gasteiger partial charge in [0.2, 0.25) is 11.8 Å². The van der Waals surface area contributed by atoms with Gasteiger partial charge in [-0.25, -0.2) is 0 Å². The van der Waals surface area contributed by atoms with Crippen LogP contribution in [0.25, 0.3) is 0 Å². The van der Waals surface area contributed by atoms with Crippen molar-refractivity contribution in [2.75, 3.05) is 19.6 Å². The van der Waals surface area contributed by atoms with E-state index in [2.05, 4.69) is 36.3 Å². The third-order valence-corrected chi connectivity index (χ3v) is 4.97. The molecule has 2 N–H and O–H groups in total. The molecule has 2 fully saturated rings. The zero-order valence-corrected chi connectivity index (χ0v) is 15.7. The molecule has 0 bridgehead atoms. The Bertz CT molecular complexity index is 423. The lowest BCUT2D eigenvalue weighted by molar-refractivity contribution is -0.134. The molecule has 0 aromatic rings. The maximum absolute atomic E-state index is 12.5. The van der Waals surface area contributed by atoms with Gasteiger partial charge in [0, 0.05) is 25.7 Å². The Kier molecular flexibility index (Phi) is 7.08. The summed E-state index contributed by atoms with van der Waals surface area (Å²) < 4.78 is 0. The van der Waals surface area contributed by atoms with E-state index in [0.29, 0.717) is 12.6 Å². The maximum atomic E-state index is 12.5. The summed E-state index contributed by atoms with van der Waals surface area (Å²) in [7, 11) is 0. The third kappa shape index (κ3) is 6.42. The second-order valence-electron chi connectivity index (χ2n) is 8.65. The molecule has 1 aliphatic heterocycles. The van der Waals surface area contributed by atoms with Crippen LogP contribution < -0.4 is 10.6 Å². The smallest absolute Gasteiger partial charge is 0.237 e. The van der Waals surface area contributed by atoms with Crippen LogP contribution in [-0.2, 0) is 9.59 Å². The molecule has 1 saturated carbocycles. The minimum absolute atomic E-state index is 0.00156. The summed E-state index contributed by atoms with van der Waals surface area (Å²) in [6.07, 6.45) is 8.70. The number of hydrogen-bond acceptors (Lipinski definition) is 3.